The quantitative estimate of drug-likeness (QED) is 0.0351. The summed E-state index contributed by atoms with van der Waals surface area (Å²) in [7, 11) is 2.92. The first-order valence-corrected chi connectivity index (χ1v) is 24.0. The summed E-state index contributed by atoms with van der Waals surface area (Å²) in [5.41, 5.74) is 0. The highest BCUT2D eigenvalue weighted by Crippen LogP contribution is 2.16. The van der Waals surface area contributed by atoms with E-state index in [0.29, 0.717) is 19.3 Å². The third-order valence-corrected chi connectivity index (χ3v) is 10.5. The van der Waals surface area contributed by atoms with Crippen molar-refractivity contribution in [2.24, 2.45) is 0 Å². The Balaban J connectivity index is -0.00000104. The molecule has 0 saturated carbocycles. The molecule has 0 bridgehead atoms. The van der Waals surface area contributed by atoms with Gasteiger partial charge in [0.2, 0.25) is 5.91 Å². The first-order chi connectivity index (χ1) is 27.8. The third kappa shape index (κ3) is 50.1. The number of hydrogen-bond donors (Lipinski definition) is 0. The number of rotatable bonds is 41. The van der Waals surface area contributed by atoms with Crippen LogP contribution in [-0.2, 0) is 14.4 Å². The molecule has 0 saturated heterocycles. The largest absolute Gasteiger partial charge is 0.300 e. The Morgan fingerprint density at radius 1 is 0.483 bits per heavy atom. The van der Waals surface area contributed by atoms with Crippen molar-refractivity contribution in [2.75, 3.05) is 14.2 Å². The van der Waals surface area contributed by atoms with Gasteiger partial charge in [0.05, 0.1) is 13.5 Å². The lowest BCUT2D eigenvalue weighted by molar-refractivity contribution is -0.169. The zero-order chi connectivity index (χ0) is 42.3. The summed E-state index contributed by atoms with van der Waals surface area (Å²) in [6.07, 6.45) is 52.1. The van der Waals surface area contributed by atoms with Crippen molar-refractivity contribution < 1.29 is 23.2 Å². The van der Waals surface area contributed by atoms with Gasteiger partial charge in [-0.15, -0.1) is 0 Å². The van der Waals surface area contributed by atoms with Crippen molar-refractivity contribution in [1.82, 2.24) is 5.06 Å². The monoisotopic (exact) mass is 822 g/mol. The molecule has 2 atom stereocenters. The molecular weight excluding hydrogens is 725 g/mol. The minimum absolute atomic E-state index is 0. The van der Waals surface area contributed by atoms with Crippen molar-refractivity contribution in [3.8, 4) is 0 Å². The first kappa shape index (κ1) is 60.2. The van der Waals surface area contributed by atoms with E-state index < -0.39 is 12.3 Å². The van der Waals surface area contributed by atoms with E-state index in [-0.39, 0.29) is 32.0 Å². The summed E-state index contributed by atoms with van der Waals surface area (Å²) in [6.45, 7) is 6.70. The first-order valence-electron chi connectivity index (χ1n) is 24.0. The van der Waals surface area contributed by atoms with Crippen molar-refractivity contribution >= 4 is 11.7 Å². The van der Waals surface area contributed by atoms with Gasteiger partial charge in [-0.3, -0.25) is 14.4 Å². The molecule has 6 heteroatoms. The predicted molar refractivity (Wildman–Crippen MR) is 252 cm³/mol. The van der Waals surface area contributed by atoms with E-state index >= 15 is 0 Å². The highest BCUT2D eigenvalue weighted by molar-refractivity contribution is 5.78. The van der Waals surface area contributed by atoms with E-state index in [2.05, 4.69) is 69.4 Å². The number of carbonyl (C=O) groups is 2. The maximum Gasteiger partial charge on any atom is 0.248 e. The topological polar surface area (TPSA) is 46.6 Å². The Morgan fingerprint density at radius 2 is 0.810 bits per heavy atom. The fourth-order valence-electron chi connectivity index (χ4n) is 6.61. The van der Waals surface area contributed by atoms with Crippen LogP contribution in [0.1, 0.15) is 247 Å². The second-order valence-corrected chi connectivity index (χ2v) is 16.1. The molecule has 0 aliphatic carbocycles. The number of nitrogens with zero attached hydrogens (tertiary/aromatic N) is 1. The Hall–Kier alpha value is -2.08. The zero-order valence-electron chi connectivity index (χ0n) is 38.2. The van der Waals surface area contributed by atoms with Gasteiger partial charge >= 0.3 is 0 Å². The number of alkyl halides is 2. The molecule has 0 radical (unpaired) electrons. The molecule has 342 valence electrons. The molecule has 2 unspecified atom stereocenters. The van der Waals surface area contributed by atoms with Crippen LogP contribution in [0.4, 0.5) is 8.78 Å². The number of unbranched alkanes of at least 4 members (excludes halogenated alkanes) is 22. The van der Waals surface area contributed by atoms with Gasteiger partial charge in [0.25, 0.3) is 0 Å². The standard InChI is InChI=1S/C29H53FO.C22H40FNO2.CH4/c1-3-5-7-9-11-12-13-14-15-16-17-18-20-21-23-25-28(30)27-29(31)26-24-22-19-10-8-6-4-2;1-4-5-6-7-8-9-10-11-12-13-14-15-16-17-18-19-21(23)20-22(25)24(2)26-3;/h11-12,14-15,28H,3-10,13,16-27H2,1-2H3;8-9,11-12,21H,4-7,10,13-20H2,1-3H3;1H4/b12-11-,15-14-;9-8-,12-11-;. The van der Waals surface area contributed by atoms with Crippen LogP contribution in [0.5, 0.6) is 0 Å². The molecule has 0 aromatic rings. The van der Waals surface area contributed by atoms with E-state index in [4.69, 9.17) is 4.84 Å². The molecular formula is C52H97F2NO3. The Morgan fingerprint density at radius 3 is 1.22 bits per heavy atom. The van der Waals surface area contributed by atoms with Crippen LogP contribution in [0.3, 0.4) is 0 Å². The summed E-state index contributed by atoms with van der Waals surface area (Å²) in [6, 6.07) is 0. The predicted octanol–water partition coefficient (Wildman–Crippen LogP) is 17.4. The lowest BCUT2D eigenvalue weighted by Gasteiger charge is -2.15. The smallest absolute Gasteiger partial charge is 0.248 e. The van der Waals surface area contributed by atoms with E-state index in [1.807, 2.05) is 0 Å². The number of hydrogen-bond acceptors (Lipinski definition) is 3. The van der Waals surface area contributed by atoms with Crippen LogP contribution in [-0.4, -0.2) is 43.3 Å². The maximum absolute atomic E-state index is 14.0. The van der Waals surface area contributed by atoms with E-state index in [9.17, 15) is 18.4 Å². The van der Waals surface area contributed by atoms with E-state index in [0.717, 1.165) is 75.7 Å². The van der Waals surface area contributed by atoms with Crippen molar-refractivity contribution in [2.45, 2.75) is 259 Å². The molecule has 0 spiro atoms. The van der Waals surface area contributed by atoms with Crippen LogP contribution in [0, 0.1) is 0 Å². The summed E-state index contributed by atoms with van der Waals surface area (Å²) < 4.78 is 27.7. The van der Waals surface area contributed by atoms with Gasteiger partial charge < -0.3 is 0 Å². The molecule has 58 heavy (non-hydrogen) atoms. The number of hydroxylamine groups is 2. The number of amides is 1. The normalized spacial score (nSPS) is 12.7. The maximum atomic E-state index is 14.0. The molecule has 1 amide bonds. The summed E-state index contributed by atoms with van der Waals surface area (Å²) in [5, 5.41) is 1.09. The summed E-state index contributed by atoms with van der Waals surface area (Å²) in [4.78, 5) is 28.1. The van der Waals surface area contributed by atoms with Crippen molar-refractivity contribution in [3.05, 3.63) is 48.6 Å². The lowest BCUT2D eigenvalue weighted by atomic mass is 10.0. The Kier molecular flexibility index (Phi) is 53.0. The molecule has 0 aromatic carbocycles. The highest BCUT2D eigenvalue weighted by Gasteiger charge is 2.16. The van der Waals surface area contributed by atoms with Crippen LogP contribution in [0.2, 0.25) is 0 Å². The second kappa shape index (κ2) is 51.1. The Bertz CT molecular complexity index is 962. The summed E-state index contributed by atoms with van der Waals surface area (Å²) >= 11 is 0. The van der Waals surface area contributed by atoms with Crippen LogP contribution >= 0.6 is 0 Å². The number of Topliss-reactive ketones (excluding diaryl/α,β-unsaturated/α-hetero) is 1. The van der Waals surface area contributed by atoms with Gasteiger partial charge in [0.1, 0.15) is 18.1 Å². The molecule has 0 aliphatic rings. The second-order valence-electron chi connectivity index (χ2n) is 16.1. The fourth-order valence-corrected chi connectivity index (χ4v) is 6.61. The molecule has 0 N–H and O–H groups in total. The molecule has 0 fully saturated rings. The van der Waals surface area contributed by atoms with Crippen molar-refractivity contribution in [3.63, 3.8) is 0 Å². The highest BCUT2D eigenvalue weighted by atomic mass is 19.1. The number of halogens is 2. The molecule has 0 aliphatic heterocycles. The van der Waals surface area contributed by atoms with Crippen LogP contribution in [0.25, 0.3) is 0 Å². The molecule has 4 nitrogen and oxygen atoms in total. The number of ketones is 1. The SMILES string of the molecule is C.CCCCC/C=C\C/C=C\CCCCCCCC(F)CC(=O)CCCCCCCCC.CCCCC/C=C\C/C=C\CCCCCCCC(F)CC(=O)N(C)OC. The number of allylic oxidation sites excluding steroid dienone is 8. The fraction of sp³-hybridized carbons (Fsp3) is 0.808. The molecule has 0 aromatic heterocycles. The Labute approximate surface area is 360 Å². The van der Waals surface area contributed by atoms with Gasteiger partial charge in [0, 0.05) is 19.9 Å². The van der Waals surface area contributed by atoms with Gasteiger partial charge in [-0.2, -0.15) is 0 Å². The molecule has 0 heterocycles. The van der Waals surface area contributed by atoms with Crippen LogP contribution in [0.15, 0.2) is 48.6 Å². The van der Waals surface area contributed by atoms with Gasteiger partial charge in [-0.05, 0) is 83.5 Å². The minimum atomic E-state index is -1.06. The number of carbonyl (C=O) groups excluding carboxylic acids is 2. The van der Waals surface area contributed by atoms with Gasteiger partial charge in [-0.25, -0.2) is 13.8 Å². The van der Waals surface area contributed by atoms with Gasteiger partial charge in [-0.1, -0.05) is 192 Å². The van der Waals surface area contributed by atoms with E-state index in [1.165, 1.54) is 130 Å². The lowest BCUT2D eigenvalue weighted by Crippen LogP contribution is -2.27. The zero-order valence-corrected chi connectivity index (χ0v) is 38.2. The van der Waals surface area contributed by atoms with Crippen LogP contribution < -0.4 is 0 Å². The third-order valence-electron chi connectivity index (χ3n) is 10.5. The van der Waals surface area contributed by atoms with Gasteiger partial charge in [0.15, 0.2) is 0 Å². The average Bonchev–Trinajstić information content (AvgIpc) is 3.20. The van der Waals surface area contributed by atoms with E-state index in [1.54, 1.807) is 0 Å². The van der Waals surface area contributed by atoms with Crippen molar-refractivity contribution in [1.29, 1.82) is 0 Å². The molecule has 0 rings (SSSR count). The minimum Gasteiger partial charge on any atom is -0.300 e. The summed E-state index contributed by atoms with van der Waals surface area (Å²) in [5.74, 6) is -0.175. The average molecular weight is 822 g/mol.